The number of hydrogen-bond donors (Lipinski definition) is 1. The van der Waals surface area contributed by atoms with E-state index in [1.807, 2.05) is 0 Å². The Morgan fingerprint density at radius 3 is 2.94 bits per heavy atom. The van der Waals surface area contributed by atoms with Crippen molar-refractivity contribution in [2.75, 3.05) is 0 Å². The normalized spacial score (nSPS) is 16.8. The lowest BCUT2D eigenvalue weighted by Crippen LogP contribution is -2.20. The molecule has 1 heterocycles. The first-order chi connectivity index (χ1) is 8.26. The van der Waals surface area contributed by atoms with Crippen molar-refractivity contribution in [3.63, 3.8) is 0 Å². The van der Waals surface area contributed by atoms with Gasteiger partial charge in [0.2, 0.25) is 0 Å². The largest absolute Gasteiger partial charge is 0.391 e. The Labute approximate surface area is 101 Å². The van der Waals surface area contributed by atoms with Crippen LogP contribution in [0.25, 0.3) is 0 Å². The number of rotatable bonds is 6. The van der Waals surface area contributed by atoms with E-state index in [0.29, 0.717) is 18.9 Å². The van der Waals surface area contributed by atoms with E-state index in [1.165, 1.54) is 0 Å². The average molecular weight is 234 g/mol. The van der Waals surface area contributed by atoms with E-state index in [0.717, 1.165) is 37.1 Å². The van der Waals surface area contributed by atoms with Crippen LogP contribution in [0.2, 0.25) is 0 Å². The molecule has 0 radical (unpaired) electrons. The van der Waals surface area contributed by atoms with Gasteiger partial charge in [0.1, 0.15) is 0 Å². The lowest BCUT2D eigenvalue weighted by atomic mass is 10.1. The third-order valence-electron chi connectivity index (χ3n) is 3.18. The first-order valence-corrected chi connectivity index (χ1v) is 6.22. The third-order valence-corrected chi connectivity index (χ3v) is 3.18. The molecular weight excluding hydrogens is 216 g/mol. The molecule has 1 aromatic rings. The fraction of sp³-hybridized carbons (Fsp3) is 0.750. The lowest BCUT2D eigenvalue weighted by Gasteiger charge is -2.11. The maximum Gasteiger partial charge on any atom is 0.0999 e. The van der Waals surface area contributed by atoms with Crippen molar-refractivity contribution in [2.45, 2.75) is 51.7 Å². The SMILES string of the molecule is CCCc1c(CC#N)nnn1CC(O)C1CC1. The number of aliphatic hydroxyl groups excluding tert-OH is 1. The van der Waals surface area contributed by atoms with Crippen LogP contribution in [0.3, 0.4) is 0 Å². The van der Waals surface area contributed by atoms with Gasteiger partial charge in [-0.1, -0.05) is 18.6 Å². The lowest BCUT2D eigenvalue weighted by molar-refractivity contribution is 0.125. The minimum atomic E-state index is -0.317. The molecule has 1 fully saturated rings. The molecule has 0 bridgehead atoms. The van der Waals surface area contributed by atoms with E-state index in [-0.39, 0.29) is 6.10 Å². The molecular formula is C12H18N4O. The predicted molar refractivity (Wildman–Crippen MR) is 62.1 cm³/mol. The van der Waals surface area contributed by atoms with E-state index >= 15 is 0 Å². The van der Waals surface area contributed by atoms with Gasteiger partial charge in [0.05, 0.1) is 36.5 Å². The highest BCUT2D eigenvalue weighted by Gasteiger charge is 2.30. The first kappa shape index (κ1) is 12.1. The monoisotopic (exact) mass is 234 g/mol. The van der Waals surface area contributed by atoms with Crippen LogP contribution in [0.4, 0.5) is 0 Å². The Morgan fingerprint density at radius 1 is 1.59 bits per heavy atom. The highest BCUT2D eigenvalue weighted by molar-refractivity contribution is 5.14. The number of aliphatic hydroxyl groups is 1. The standard InChI is InChI=1S/C12H18N4O/c1-2-3-11-10(6-7-13)14-15-16(11)8-12(17)9-4-5-9/h9,12,17H,2-6,8H2,1H3. The summed E-state index contributed by atoms with van der Waals surface area (Å²) in [6, 6.07) is 2.11. The first-order valence-electron chi connectivity index (χ1n) is 6.22. The molecule has 1 atom stereocenters. The van der Waals surface area contributed by atoms with Gasteiger partial charge >= 0.3 is 0 Å². The number of nitrogens with zero attached hydrogens (tertiary/aromatic N) is 4. The summed E-state index contributed by atoms with van der Waals surface area (Å²) in [6.45, 7) is 2.60. The quantitative estimate of drug-likeness (QED) is 0.798. The molecule has 0 spiro atoms. The summed E-state index contributed by atoms with van der Waals surface area (Å²) in [5.74, 6) is 0.438. The summed E-state index contributed by atoms with van der Waals surface area (Å²) in [4.78, 5) is 0. The van der Waals surface area contributed by atoms with E-state index in [1.54, 1.807) is 4.68 Å². The average Bonchev–Trinajstić information content (AvgIpc) is 3.09. The number of aromatic nitrogens is 3. The van der Waals surface area contributed by atoms with Crippen LogP contribution in [0, 0.1) is 17.2 Å². The van der Waals surface area contributed by atoms with Crippen LogP contribution in [-0.4, -0.2) is 26.2 Å². The summed E-state index contributed by atoms with van der Waals surface area (Å²) in [5.41, 5.74) is 1.77. The highest BCUT2D eigenvalue weighted by Crippen LogP contribution is 2.33. The second-order valence-electron chi connectivity index (χ2n) is 4.65. The summed E-state index contributed by atoms with van der Waals surface area (Å²) < 4.78 is 1.78. The molecule has 0 aliphatic heterocycles. The summed E-state index contributed by atoms with van der Waals surface area (Å²) in [6.07, 6.45) is 4.07. The van der Waals surface area contributed by atoms with Gasteiger partial charge in [-0.15, -0.1) is 5.10 Å². The Kier molecular flexibility index (Phi) is 3.75. The molecule has 5 heteroatoms. The van der Waals surface area contributed by atoms with E-state index in [4.69, 9.17) is 5.26 Å². The molecule has 17 heavy (non-hydrogen) atoms. The van der Waals surface area contributed by atoms with Gasteiger partial charge in [0.15, 0.2) is 0 Å². The van der Waals surface area contributed by atoms with Crippen molar-refractivity contribution < 1.29 is 5.11 Å². The van der Waals surface area contributed by atoms with E-state index in [9.17, 15) is 5.11 Å². The molecule has 0 saturated heterocycles. The molecule has 1 saturated carbocycles. The van der Waals surface area contributed by atoms with Crippen molar-refractivity contribution in [1.29, 1.82) is 5.26 Å². The molecule has 1 aliphatic rings. The van der Waals surface area contributed by atoms with Gasteiger partial charge in [0.25, 0.3) is 0 Å². The zero-order valence-electron chi connectivity index (χ0n) is 10.1. The molecule has 2 rings (SSSR count). The van der Waals surface area contributed by atoms with Gasteiger partial charge in [-0.2, -0.15) is 5.26 Å². The smallest absolute Gasteiger partial charge is 0.0999 e. The molecule has 92 valence electrons. The molecule has 0 aromatic carbocycles. The van der Waals surface area contributed by atoms with Crippen LogP contribution in [-0.2, 0) is 19.4 Å². The van der Waals surface area contributed by atoms with Crippen LogP contribution in [0.5, 0.6) is 0 Å². The van der Waals surface area contributed by atoms with Gasteiger partial charge in [0, 0.05) is 0 Å². The van der Waals surface area contributed by atoms with Crippen LogP contribution >= 0.6 is 0 Å². The maximum atomic E-state index is 9.92. The molecule has 1 aliphatic carbocycles. The van der Waals surface area contributed by atoms with Crippen molar-refractivity contribution in [3.05, 3.63) is 11.4 Å². The minimum absolute atomic E-state index is 0.300. The van der Waals surface area contributed by atoms with Crippen LogP contribution < -0.4 is 0 Å². The van der Waals surface area contributed by atoms with Crippen molar-refractivity contribution >= 4 is 0 Å². The number of hydrogen-bond acceptors (Lipinski definition) is 4. The Morgan fingerprint density at radius 2 is 2.35 bits per heavy atom. The molecule has 1 aromatic heterocycles. The summed E-state index contributed by atoms with van der Waals surface area (Å²) >= 11 is 0. The highest BCUT2D eigenvalue weighted by atomic mass is 16.3. The minimum Gasteiger partial charge on any atom is -0.391 e. The van der Waals surface area contributed by atoms with Crippen molar-refractivity contribution in [1.82, 2.24) is 15.0 Å². The summed E-state index contributed by atoms with van der Waals surface area (Å²) in [5, 5.41) is 26.7. The predicted octanol–water partition coefficient (Wildman–Crippen LogP) is 1.07. The fourth-order valence-corrected chi connectivity index (χ4v) is 2.05. The Hall–Kier alpha value is -1.41. The topological polar surface area (TPSA) is 74.7 Å². The van der Waals surface area contributed by atoms with Gasteiger partial charge in [-0.3, -0.25) is 0 Å². The molecule has 0 amide bonds. The van der Waals surface area contributed by atoms with Crippen molar-refractivity contribution in [2.24, 2.45) is 5.92 Å². The fourth-order valence-electron chi connectivity index (χ4n) is 2.05. The second kappa shape index (κ2) is 5.28. The Balaban J connectivity index is 2.11. The number of nitriles is 1. The zero-order chi connectivity index (χ0) is 12.3. The molecule has 5 nitrogen and oxygen atoms in total. The molecule has 1 unspecified atom stereocenters. The maximum absolute atomic E-state index is 9.92. The van der Waals surface area contributed by atoms with Crippen LogP contribution in [0.15, 0.2) is 0 Å². The third kappa shape index (κ3) is 2.83. The van der Waals surface area contributed by atoms with Gasteiger partial charge in [-0.25, -0.2) is 4.68 Å². The zero-order valence-corrected chi connectivity index (χ0v) is 10.1. The van der Waals surface area contributed by atoms with Crippen LogP contribution in [0.1, 0.15) is 37.6 Å². The van der Waals surface area contributed by atoms with E-state index < -0.39 is 0 Å². The Bertz CT molecular complexity index is 417. The van der Waals surface area contributed by atoms with Crippen molar-refractivity contribution in [3.8, 4) is 6.07 Å². The second-order valence-corrected chi connectivity index (χ2v) is 4.65. The summed E-state index contributed by atoms with van der Waals surface area (Å²) in [7, 11) is 0. The van der Waals surface area contributed by atoms with Gasteiger partial charge in [-0.05, 0) is 25.2 Å². The van der Waals surface area contributed by atoms with Gasteiger partial charge < -0.3 is 5.11 Å². The van der Waals surface area contributed by atoms with E-state index in [2.05, 4.69) is 23.3 Å². The molecule has 1 N–H and O–H groups in total.